The van der Waals surface area contributed by atoms with Crippen molar-refractivity contribution in [1.82, 2.24) is 4.90 Å². The van der Waals surface area contributed by atoms with Crippen LogP contribution in [0.2, 0.25) is 0 Å². The topological polar surface area (TPSA) is 88.4 Å². The van der Waals surface area contributed by atoms with Crippen molar-refractivity contribution < 1.29 is 24.2 Å². The lowest BCUT2D eigenvalue weighted by Crippen LogP contribution is -2.27. The van der Waals surface area contributed by atoms with E-state index in [1.165, 1.54) is 12.8 Å². The van der Waals surface area contributed by atoms with Gasteiger partial charge in [0.25, 0.3) is 5.91 Å². The molecule has 166 valence electrons. The third-order valence-corrected chi connectivity index (χ3v) is 4.88. The van der Waals surface area contributed by atoms with Crippen LogP contribution in [0.15, 0.2) is 35.0 Å². The van der Waals surface area contributed by atoms with Crippen LogP contribution in [0.4, 0.5) is 0 Å². The van der Waals surface area contributed by atoms with Crippen LogP contribution in [0.25, 0.3) is 5.76 Å². The van der Waals surface area contributed by atoms with Gasteiger partial charge in [-0.25, -0.2) is 0 Å². The molecule has 1 heterocycles. The fourth-order valence-corrected chi connectivity index (χ4v) is 3.09. The second kappa shape index (κ2) is 13.4. The molecule has 7 nitrogen and oxygen atoms in total. The van der Waals surface area contributed by atoms with Crippen LogP contribution in [-0.4, -0.2) is 49.0 Å². The van der Waals surface area contributed by atoms with Gasteiger partial charge in [0.05, 0.1) is 26.1 Å². The quantitative estimate of drug-likeness (QED) is 0.442. The summed E-state index contributed by atoms with van der Waals surface area (Å²) in [6.07, 6.45) is 6.44. The number of methoxy groups -OCH3 is 2. The maximum atomic E-state index is 12.4. The lowest BCUT2D eigenvalue weighted by Gasteiger charge is -2.24. The van der Waals surface area contributed by atoms with Gasteiger partial charge in [0.1, 0.15) is 5.75 Å². The minimum Gasteiger partial charge on any atom is -0.496 e. The lowest BCUT2D eigenvalue weighted by atomic mass is 9.98. The molecule has 1 amide bonds. The number of carboxylic acid groups (broad SMARTS) is 1. The van der Waals surface area contributed by atoms with E-state index in [1.807, 2.05) is 29.2 Å². The van der Waals surface area contributed by atoms with Crippen molar-refractivity contribution >= 4 is 24.0 Å². The number of para-hydroxylation sites is 1. The highest BCUT2D eigenvalue weighted by Crippen LogP contribution is 2.32. The summed E-state index contributed by atoms with van der Waals surface area (Å²) in [4.78, 5) is 27.7. The van der Waals surface area contributed by atoms with Gasteiger partial charge in [-0.05, 0) is 24.5 Å². The Kier molecular flexibility index (Phi) is 11.3. The Balaban J connectivity index is 0.000000804. The van der Waals surface area contributed by atoms with Crippen LogP contribution in [0.5, 0.6) is 5.75 Å². The number of carbonyl (C=O) groups is 2. The van der Waals surface area contributed by atoms with Crippen molar-refractivity contribution in [1.29, 1.82) is 0 Å². The van der Waals surface area contributed by atoms with Crippen LogP contribution in [-0.2, 0) is 14.3 Å². The number of carboxylic acids is 1. The molecule has 0 bridgehead atoms. The van der Waals surface area contributed by atoms with E-state index < -0.39 is 5.97 Å². The van der Waals surface area contributed by atoms with E-state index in [2.05, 4.69) is 18.8 Å². The van der Waals surface area contributed by atoms with Crippen molar-refractivity contribution in [2.24, 2.45) is 10.9 Å². The van der Waals surface area contributed by atoms with E-state index in [0.717, 1.165) is 24.9 Å². The highest BCUT2D eigenvalue weighted by atomic mass is 16.5. The summed E-state index contributed by atoms with van der Waals surface area (Å²) in [6, 6.07) is 7.54. The van der Waals surface area contributed by atoms with Gasteiger partial charge in [0.15, 0.2) is 11.5 Å². The zero-order valence-electron chi connectivity index (χ0n) is 18.7. The minimum atomic E-state index is -0.745. The molecule has 0 saturated carbocycles. The normalized spacial score (nSPS) is 15.4. The maximum Gasteiger partial charge on any atom is 0.303 e. The van der Waals surface area contributed by atoms with Gasteiger partial charge in [-0.1, -0.05) is 52.2 Å². The molecule has 0 aromatic heterocycles. The number of hydrogen-bond donors (Lipinski definition) is 1. The van der Waals surface area contributed by atoms with Gasteiger partial charge in [0.2, 0.25) is 0 Å². The molecule has 7 heteroatoms. The molecule has 0 spiro atoms. The molecular weight excluding hydrogens is 384 g/mol. The Morgan fingerprint density at radius 2 is 1.87 bits per heavy atom. The van der Waals surface area contributed by atoms with Crippen LogP contribution in [0, 0.1) is 5.92 Å². The van der Waals surface area contributed by atoms with Gasteiger partial charge in [-0.2, -0.15) is 4.99 Å². The number of rotatable bonds is 10. The van der Waals surface area contributed by atoms with E-state index in [0.29, 0.717) is 23.1 Å². The van der Waals surface area contributed by atoms with Crippen molar-refractivity contribution in [3.05, 3.63) is 35.5 Å². The highest BCUT2D eigenvalue weighted by molar-refractivity contribution is 6.09. The summed E-state index contributed by atoms with van der Waals surface area (Å²) in [5, 5.41) is 7.72. The van der Waals surface area contributed by atoms with Crippen molar-refractivity contribution in [2.45, 2.75) is 52.9 Å². The summed E-state index contributed by atoms with van der Waals surface area (Å²) in [7, 11) is 3.19. The van der Waals surface area contributed by atoms with Gasteiger partial charge >= 0.3 is 5.97 Å². The van der Waals surface area contributed by atoms with Crippen LogP contribution in [0.3, 0.4) is 0 Å². The van der Waals surface area contributed by atoms with Crippen molar-refractivity contribution in [3.8, 4) is 5.75 Å². The highest BCUT2D eigenvalue weighted by Gasteiger charge is 2.30. The molecule has 1 unspecified atom stereocenters. The molecule has 30 heavy (non-hydrogen) atoms. The summed E-state index contributed by atoms with van der Waals surface area (Å²) >= 11 is 0. The Hall–Kier alpha value is -2.83. The number of hydrogen-bond acceptors (Lipinski definition) is 5. The zero-order valence-corrected chi connectivity index (χ0v) is 18.7. The molecule has 1 aliphatic rings. The Morgan fingerprint density at radius 3 is 2.40 bits per heavy atom. The number of benzene rings is 1. The zero-order chi connectivity index (χ0) is 22.5. The Labute approximate surface area is 179 Å². The molecule has 1 aromatic carbocycles. The monoisotopic (exact) mass is 418 g/mol. The summed E-state index contributed by atoms with van der Waals surface area (Å²) < 4.78 is 11.0. The Bertz CT molecular complexity index is 758. The van der Waals surface area contributed by atoms with Gasteiger partial charge in [-0.3, -0.25) is 9.59 Å². The first-order valence-corrected chi connectivity index (χ1v) is 10.4. The predicted octanol–water partition coefficient (Wildman–Crippen LogP) is 4.58. The van der Waals surface area contributed by atoms with E-state index in [1.54, 1.807) is 27.5 Å². The third-order valence-electron chi connectivity index (χ3n) is 4.88. The smallest absolute Gasteiger partial charge is 0.303 e. The SMILES string of the molecule is CCC(=O)O.CCCCC(CC)CN1C=NC(=O)C1=C(OC)c1ccccc1OC. The van der Waals surface area contributed by atoms with E-state index in [4.69, 9.17) is 14.6 Å². The van der Waals surface area contributed by atoms with Gasteiger partial charge in [0, 0.05) is 13.0 Å². The second-order valence-electron chi connectivity index (χ2n) is 6.95. The molecule has 0 radical (unpaired) electrons. The van der Waals surface area contributed by atoms with E-state index in [9.17, 15) is 9.59 Å². The summed E-state index contributed by atoms with van der Waals surface area (Å²) in [6.45, 7) is 6.76. The Morgan fingerprint density at radius 1 is 1.20 bits per heavy atom. The number of aliphatic carboxylic acids is 1. The maximum absolute atomic E-state index is 12.4. The number of aliphatic imine (C=N–C) groups is 1. The van der Waals surface area contributed by atoms with Crippen molar-refractivity contribution in [2.75, 3.05) is 20.8 Å². The van der Waals surface area contributed by atoms with E-state index in [-0.39, 0.29) is 12.3 Å². The largest absolute Gasteiger partial charge is 0.496 e. The van der Waals surface area contributed by atoms with Gasteiger partial charge < -0.3 is 19.5 Å². The molecule has 0 aliphatic carbocycles. The molecule has 1 aromatic rings. The van der Waals surface area contributed by atoms with Crippen LogP contribution in [0.1, 0.15) is 58.4 Å². The fourth-order valence-electron chi connectivity index (χ4n) is 3.09. The number of unbranched alkanes of at least 4 members (excludes halogenated alkanes) is 1. The minimum absolute atomic E-state index is 0.222. The average Bonchev–Trinajstić information content (AvgIpc) is 3.12. The average molecular weight is 419 g/mol. The standard InChI is InChI=1S/C20H28N2O3.C3H6O2/c1-5-7-10-15(6-2)13-22-14-21-20(23)18(22)19(25-4)16-11-8-9-12-17(16)24-3;1-2-3(4)5/h8-9,11-12,14-15H,5-7,10,13H2,1-4H3;2H2,1H3,(H,4,5). The van der Waals surface area contributed by atoms with Gasteiger partial charge in [-0.15, -0.1) is 0 Å². The summed E-state index contributed by atoms with van der Waals surface area (Å²) in [5.74, 6) is 0.677. The first-order valence-electron chi connectivity index (χ1n) is 10.4. The summed E-state index contributed by atoms with van der Waals surface area (Å²) in [5.41, 5.74) is 1.25. The van der Waals surface area contributed by atoms with E-state index >= 15 is 0 Å². The van der Waals surface area contributed by atoms with Crippen LogP contribution >= 0.6 is 0 Å². The molecule has 0 fully saturated rings. The third kappa shape index (κ3) is 7.21. The molecule has 0 saturated heterocycles. The first-order chi connectivity index (χ1) is 14.4. The molecule has 1 aliphatic heterocycles. The predicted molar refractivity (Wildman–Crippen MR) is 118 cm³/mol. The first kappa shape index (κ1) is 25.2. The number of carbonyl (C=O) groups excluding carboxylic acids is 1. The second-order valence-corrected chi connectivity index (χ2v) is 6.95. The molecular formula is C23H34N2O5. The van der Waals surface area contributed by atoms with Crippen molar-refractivity contribution in [3.63, 3.8) is 0 Å². The van der Waals surface area contributed by atoms with Crippen LogP contribution < -0.4 is 4.74 Å². The number of amides is 1. The number of nitrogens with zero attached hydrogens (tertiary/aromatic N) is 2. The molecule has 1 N–H and O–H groups in total. The number of ether oxygens (including phenoxy) is 2. The lowest BCUT2D eigenvalue weighted by molar-refractivity contribution is -0.136. The fraction of sp³-hybridized carbons (Fsp3) is 0.522. The molecule has 1 atom stereocenters. The molecule has 2 rings (SSSR count).